The number of rotatable bonds is 4. The van der Waals surface area contributed by atoms with Crippen molar-refractivity contribution in [2.75, 3.05) is 13.1 Å². The molecule has 0 radical (unpaired) electrons. The molecule has 4 heteroatoms. The van der Waals surface area contributed by atoms with Gasteiger partial charge in [0.2, 0.25) is 0 Å². The maximum atomic E-state index is 12.3. The molecule has 1 saturated heterocycles. The minimum atomic E-state index is -0.0476. The third-order valence-electron chi connectivity index (χ3n) is 4.00. The highest BCUT2D eigenvalue weighted by Gasteiger charge is 2.26. The van der Waals surface area contributed by atoms with Crippen LogP contribution in [-0.4, -0.2) is 30.0 Å². The fourth-order valence-corrected chi connectivity index (χ4v) is 2.71. The Morgan fingerprint density at radius 3 is 2.86 bits per heavy atom. The van der Waals surface area contributed by atoms with Crippen LogP contribution in [0.25, 0.3) is 0 Å². The zero-order chi connectivity index (χ0) is 15.4. The molecule has 1 aliphatic rings. The van der Waals surface area contributed by atoms with E-state index in [4.69, 9.17) is 9.15 Å². The van der Waals surface area contributed by atoms with Crippen molar-refractivity contribution in [1.82, 2.24) is 4.90 Å². The number of benzene rings is 1. The minimum Gasteiger partial charge on any atom is -0.459 e. The van der Waals surface area contributed by atoms with Crippen molar-refractivity contribution < 1.29 is 13.9 Å². The lowest BCUT2D eigenvalue weighted by atomic mass is 10.1. The van der Waals surface area contributed by atoms with Gasteiger partial charge < -0.3 is 14.1 Å². The normalized spacial score (nSPS) is 18.4. The van der Waals surface area contributed by atoms with Crippen LogP contribution in [0.15, 0.2) is 47.1 Å². The van der Waals surface area contributed by atoms with E-state index in [2.05, 4.69) is 31.2 Å². The lowest BCUT2D eigenvalue weighted by molar-refractivity contribution is -0.00753. The van der Waals surface area contributed by atoms with Crippen LogP contribution in [0.5, 0.6) is 0 Å². The maximum absolute atomic E-state index is 12.3. The number of amides is 1. The predicted molar refractivity (Wildman–Crippen MR) is 83.6 cm³/mol. The third-order valence-corrected chi connectivity index (χ3v) is 4.00. The number of piperidine rings is 1. The standard InChI is InChI=1S/C18H21NO3/c1-14-6-8-15(9-7-14)13-22-16-4-2-10-19(12-16)18(20)17-5-3-11-21-17/h3,5-9,11,16H,2,4,10,12-13H2,1H3. The van der Waals surface area contributed by atoms with Crippen molar-refractivity contribution in [3.63, 3.8) is 0 Å². The van der Waals surface area contributed by atoms with Crippen LogP contribution in [0.2, 0.25) is 0 Å². The molecule has 22 heavy (non-hydrogen) atoms. The van der Waals surface area contributed by atoms with Crippen LogP contribution in [0.4, 0.5) is 0 Å². The zero-order valence-corrected chi connectivity index (χ0v) is 12.8. The number of nitrogens with zero attached hydrogens (tertiary/aromatic N) is 1. The quantitative estimate of drug-likeness (QED) is 0.869. The molecule has 4 nitrogen and oxygen atoms in total. The van der Waals surface area contributed by atoms with E-state index in [1.807, 2.05) is 4.90 Å². The molecule has 3 rings (SSSR count). The van der Waals surface area contributed by atoms with E-state index in [1.165, 1.54) is 17.4 Å². The average Bonchev–Trinajstić information content (AvgIpc) is 3.08. The summed E-state index contributed by atoms with van der Waals surface area (Å²) in [6.07, 6.45) is 3.58. The Kier molecular flexibility index (Phi) is 4.59. The molecule has 1 aliphatic heterocycles. The molecule has 0 N–H and O–H groups in total. The summed E-state index contributed by atoms with van der Waals surface area (Å²) < 4.78 is 11.2. The Morgan fingerprint density at radius 1 is 1.32 bits per heavy atom. The van der Waals surface area contributed by atoms with Crippen LogP contribution >= 0.6 is 0 Å². The van der Waals surface area contributed by atoms with E-state index in [9.17, 15) is 4.79 Å². The van der Waals surface area contributed by atoms with Gasteiger partial charge in [0.1, 0.15) is 0 Å². The highest BCUT2D eigenvalue weighted by molar-refractivity contribution is 5.91. The summed E-state index contributed by atoms with van der Waals surface area (Å²) in [7, 11) is 0. The Balaban J connectivity index is 1.54. The predicted octanol–water partition coefficient (Wildman–Crippen LogP) is 3.41. The van der Waals surface area contributed by atoms with Crippen molar-refractivity contribution >= 4 is 5.91 Å². The van der Waals surface area contributed by atoms with Gasteiger partial charge in [-0.2, -0.15) is 0 Å². The second-order valence-electron chi connectivity index (χ2n) is 5.79. The molecule has 0 spiro atoms. The lowest BCUT2D eigenvalue weighted by Gasteiger charge is -2.32. The first-order chi connectivity index (χ1) is 10.7. The smallest absolute Gasteiger partial charge is 0.289 e. The van der Waals surface area contributed by atoms with Crippen LogP contribution < -0.4 is 0 Å². The van der Waals surface area contributed by atoms with E-state index in [0.717, 1.165) is 19.4 Å². The van der Waals surface area contributed by atoms with Gasteiger partial charge in [0, 0.05) is 13.1 Å². The van der Waals surface area contributed by atoms with Crippen molar-refractivity contribution in [3.8, 4) is 0 Å². The molecular weight excluding hydrogens is 278 g/mol. The van der Waals surface area contributed by atoms with Crippen molar-refractivity contribution in [1.29, 1.82) is 0 Å². The molecular formula is C18H21NO3. The summed E-state index contributed by atoms with van der Waals surface area (Å²) in [6, 6.07) is 11.8. The second-order valence-corrected chi connectivity index (χ2v) is 5.79. The molecule has 1 fully saturated rings. The molecule has 1 atom stereocenters. The fraction of sp³-hybridized carbons (Fsp3) is 0.389. The zero-order valence-electron chi connectivity index (χ0n) is 12.8. The number of likely N-dealkylation sites (tertiary alicyclic amines) is 1. The van der Waals surface area contributed by atoms with Crippen molar-refractivity contribution in [2.45, 2.75) is 32.5 Å². The van der Waals surface area contributed by atoms with Gasteiger partial charge in [-0.1, -0.05) is 29.8 Å². The van der Waals surface area contributed by atoms with Crippen LogP contribution in [0.3, 0.4) is 0 Å². The van der Waals surface area contributed by atoms with E-state index < -0.39 is 0 Å². The highest BCUT2D eigenvalue weighted by atomic mass is 16.5. The number of carbonyl (C=O) groups excluding carboxylic acids is 1. The Bertz CT molecular complexity index is 604. The van der Waals surface area contributed by atoms with Gasteiger partial charge >= 0.3 is 0 Å². The summed E-state index contributed by atoms with van der Waals surface area (Å²) in [5.74, 6) is 0.354. The lowest BCUT2D eigenvalue weighted by Crippen LogP contribution is -2.43. The largest absolute Gasteiger partial charge is 0.459 e. The minimum absolute atomic E-state index is 0.0476. The number of hydrogen-bond donors (Lipinski definition) is 0. The summed E-state index contributed by atoms with van der Waals surface area (Å²) in [5, 5.41) is 0. The first kappa shape index (κ1) is 14.9. The Hall–Kier alpha value is -2.07. The van der Waals surface area contributed by atoms with Gasteiger partial charge in [-0.15, -0.1) is 0 Å². The average molecular weight is 299 g/mol. The van der Waals surface area contributed by atoms with Gasteiger partial charge in [0.25, 0.3) is 5.91 Å². The number of carbonyl (C=O) groups is 1. The van der Waals surface area contributed by atoms with Crippen LogP contribution in [-0.2, 0) is 11.3 Å². The molecule has 116 valence electrons. The summed E-state index contributed by atoms with van der Waals surface area (Å²) in [6.45, 7) is 4.06. The summed E-state index contributed by atoms with van der Waals surface area (Å²) in [5.41, 5.74) is 2.41. The van der Waals surface area contributed by atoms with Crippen LogP contribution in [0.1, 0.15) is 34.5 Å². The summed E-state index contributed by atoms with van der Waals surface area (Å²) in [4.78, 5) is 14.1. The van der Waals surface area contributed by atoms with Crippen molar-refractivity contribution in [3.05, 3.63) is 59.5 Å². The molecule has 0 bridgehead atoms. The molecule has 0 saturated carbocycles. The van der Waals surface area contributed by atoms with Crippen LogP contribution in [0, 0.1) is 6.92 Å². The molecule has 1 unspecified atom stereocenters. The third kappa shape index (κ3) is 3.57. The molecule has 1 aromatic heterocycles. The van der Waals surface area contributed by atoms with E-state index in [1.54, 1.807) is 12.1 Å². The number of hydrogen-bond acceptors (Lipinski definition) is 3. The second kappa shape index (κ2) is 6.79. The maximum Gasteiger partial charge on any atom is 0.289 e. The molecule has 2 heterocycles. The fourth-order valence-electron chi connectivity index (χ4n) is 2.71. The van der Waals surface area contributed by atoms with E-state index >= 15 is 0 Å². The number of ether oxygens (including phenoxy) is 1. The van der Waals surface area contributed by atoms with Crippen molar-refractivity contribution in [2.24, 2.45) is 0 Å². The van der Waals surface area contributed by atoms with Gasteiger partial charge in [-0.3, -0.25) is 4.79 Å². The highest BCUT2D eigenvalue weighted by Crippen LogP contribution is 2.18. The molecule has 1 aromatic carbocycles. The molecule has 0 aliphatic carbocycles. The first-order valence-corrected chi connectivity index (χ1v) is 7.72. The van der Waals surface area contributed by atoms with E-state index in [-0.39, 0.29) is 12.0 Å². The van der Waals surface area contributed by atoms with Gasteiger partial charge in [0.15, 0.2) is 5.76 Å². The monoisotopic (exact) mass is 299 g/mol. The van der Waals surface area contributed by atoms with Gasteiger partial charge in [0.05, 0.1) is 19.0 Å². The first-order valence-electron chi connectivity index (χ1n) is 7.72. The Morgan fingerprint density at radius 2 is 2.14 bits per heavy atom. The van der Waals surface area contributed by atoms with Gasteiger partial charge in [-0.05, 0) is 37.5 Å². The summed E-state index contributed by atoms with van der Waals surface area (Å²) >= 11 is 0. The SMILES string of the molecule is Cc1ccc(COC2CCCN(C(=O)c3ccco3)C2)cc1. The van der Waals surface area contributed by atoms with E-state index in [0.29, 0.717) is 18.9 Å². The number of furan rings is 1. The Labute approximate surface area is 130 Å². The van der Waals surface area contributed by atoms with Gasteiger partial charge in [-0.25, -0.2) is 0 Å². The number of aryl methyl sites for hydroxylation is 1. The molecule has 1 amide bonds. The topological polar surface area (TPSA) is 42.7 Å². The molecule has 2 aromatic rings.